The van der Waals surface area contributed by atoms with Gasteiger partial charge < -0.3 is 5.32 Å². The second-order valence-electron chi connectivity index (χ2n) is 7.62. The summed E-state index contributed by atoms with van der Waals surface area (Å²) in [6.07, 6.45) is 4.05. The lowest BCUT2D eigenvalue weighted by Gasteiger charge is -2.38. The molecule has 0 saturated carbocycles. The van der Waals surface area contributed by atoms with Crippen molar-refractivity contribution in [3.63, 3.8) is 0 Å². The molecule has 2 rings (SSSR count). The highest BCUT2D eigenvalue weighted by molar-refractivity contribution is 5.33. The van der Waals surface area contributed by atoms with Crippen LogP contribution < -0.4 is 5.32 Å². The molecule has 1 aliphatic rings. The molecule has 1 fully saturated rings. The maximum Gasteiger partial charge on any atom is 0.0242 e. The van der Waals surface area contributed by atoms with Crippen LogP contribution in [-0.4, -0.2) is 29.6 Å². The van der Waals surface area contributed by atoms with Crippen LogP contribution >= 0.6 is 0 Å². The molecule has 118 valence electrons. The van der Waals surface area contributed by atoms with Gasteiger partial charge in [-0.3, -0.25) is 4.90 Å². The third-order valence-electron chi connectivity index (χ3n) is 4.62. The molecule has 2 heteroatoms. The van der Waals surface area contributed by atoms with Gasteiger partial charge in [-0.15, -0.1) is 0 Å². The van der Waals surface area contributed by atoms with Gasteiger partial charge in [-0.25, -0.2) is 0 Å². The second-order valence-corrected chi connectivity index (χ2v) is 7.62. The van der Waals surface area contributed by atoms with E-state index in [1.165, 1.54) is 42.5 Å². The first-order valence-electron chi connectivity index (χ1n) is 8.41. The Hall–Kier alpha value is -0.860. The average Bonchev–Trinajstić information content (AvgIpc) is 2.41. The van der Waals surface area contributed by atoms with Gasteiger partial charge in [-0.1, -0.05) is 24.6 Å². The Bertz CT molecular complexity index is 439. The summed E-state index contributed by atoms with van der Waals surface area (Å²) in [5.74, 6) is 0. The third kappa shape index (κ3) is 4.82. The molecule has 0 aromatic heterocycles. The van der Waals surface area contributed by atoms with Gasteiger partial charge in [-0.05, 0) is 70.7 Å². The Morgan fingerprint density at radius 3 is 2.43 bits per heavy atom. The van der Waals surface area contributed by atoms with Crippen molar-refractivity contribution in [2.45, 2.75) is 72.0 Å². The molecule has 21 heavy (non-hydrogen) atoms. The molecule has 0 amide bonds. The van der Waals surface area contributed by atoms with E-state index >= 15 is 0 Å². The van der Waals surface area contributed by atoms with E-state index in [1.807, 2.05) is 0 Å². The predicted octanol–water partition coefficient (Wildman–Crippen LogP) is 4.05. The Morgan fingerprint density at radius 2 is 1.81 bits per heavy atom. The molecule has 1 atom stereocenters. The van der Waals surface area contributed by atoms with Crippen molar-refractivity contribution in [3.05, 3.63) is 34.9 Å². The van der Waals surface area contributed by atoms with Crippen molar-refractivity contribution in [1.82, 2.24) is 10.2 Å². The summed E-state index contributed by atoms with van der Waals surface area (Å²) in [5, 5.41) is 3.69. The molecule has 0 radical (unpaired) electrons. The quantitative estimate of drug-likeness (QED) is 0.899. The van der Waals surface area contributed by atoms with Crippen LogP contribution in [0.5, 0.6) is 0 Å². The standard InChI is InChI=1S/C19H32N2/c1-15-9-8-10-16(2)18(15)14-21-12-7-6-11-17(21)13-20-19(3,4)5/h8-10,17,20H,6-7,11-14H2,1-5H3. The zero-order valence-electron chi connectivity index (χ0n) is 14.5. The number of rotatable bonds is 4. The number of hydrogen-bond donors (Lipinski definition) is 1. The van der Waals surface area contributed by atoms with E-state index in [1.54, 1.807) is 0 Å². The van der Waals surface area contributed by atoms with Gasteiger partial charge >= 0.3 is 0 Å². The molecule has 1 N–H and O–H groups in total. The van der Waals surface area contributed by atoms with E-state index in [2.05, 4.69) is 63.0 Å². The smallest absolute Gasteiger partial charge is 0.0242 e. The van der Waals surface area contributed by atoms with Crippen molar-refractivity contribution in [2.24, 2.45) is 0 Å². The molecular weight excluding hydrogens is 256 g/mol. The lowest BCUT2D eigenvalue weighted by atomic mass is 9.97. The van der Waals surface area contributed by atoms with Gasteiger partial charge in [0, 0.05) is 24.7 Å². The van der Waals surface area contributed by atoms with Gasteiger partial charge in [0.05, 0.1) is 0 Å². The van der Waals surface area contributed by atoms with Gasteiger partial charge in [0.2, 0.25) is 0 Å². The summed E-state index contributed by atoms with van der Waals surface area (Å²) >= 11 is 0. The minimum atomic E-state index is 0.210. The predicted molar refractivity (Wildman–Crippen MR) is 91.7 cm³/mol. The molecule has 1 aromatic rings. The van der Waals surface area contributed by atoms with E-state index in [4.69, 9.17) is 0 Å². The molecule has 1 aromatic carbocycles. The van der Waals surface area contributed by atoms with E-state index in [-0.39, 0.29) is 5.54 Å². The first kappa shape index (κ1) is 16.5. The summed E-state index contributed by atoms with van der Waals surface area (Å²) < 4.78 is 0. The summed E-state index contributed by atoms with van der Waals surface area (Å²) in [7, 11) is 0. The van der Waals surface area contributed by atoms with Crippen molar-refractivity contribution in [2.75, 3.05) is 13.1 Å². The number of nitrogens with zero attached hydrogens (tertiary/aromatic N) is 1. The number of benzene rings is 1. The van der Waals surface area contributed by atoms with Gasteiger partial charge in [0.25, 0.3) is 0 Å². The number of nitrogens with one attached hydrogen (secondary N) is 1. The Balaban J connectivity index is 2.05. The van der Waals surface area contributed by atoms with Gasteiger partial charge in [-0.2, -0.15) is 0 Å². The van der Waals surface area contributed by atoms with Crippen LogP contribution in [0.1, 0.15) is 56.7 Å². The first-order chi connectivity index (χ1) is 9.87. The van der Waals surface area contributed by atoms with E-state index in [0.717, 1.165) is 13.1 Å². The van der Waals surface area contributed by atoms with Gasteiger partial charge in [0.15, 0.2) is 0 Å². The van der Waals surface area contributed by atoms with Crippen molar-refractivity contribution in [3.8, 4) is 0 Å². The molecular formula is C19H32N2. The summed E-state index contributed by atoms with van der Waals surface area (Å²) in [5.41, 5.74) is 4.60. The highest BCUT2D eigenvalue weighted by Gasteiger charge is 2.24. The Labute approximate surface area is 130 Å². The Morgan fingerprint density at radius 1 is 1.14 bits per heavy atom. The topological polar surface area (TPSA) is 15.3 Å². The van der Waals surface area contributed by atoms with Crippen molar-refractivity contribution >= 4 is 0 Å². The van der Waals surface area contributed by atoms with Gasteiger partial charge in [0.1, 0.15) is 0 Å². The summed E-state index contributed by atoms with van der Waals surface area (Å²) in [6, 6.07) is 7.34. The molecule has 0 bridgehead atoms. The molecule has 1 saturated heterocycles. The van der Waals surface area contributed by atoms with E-state index in [0.29, 0.717) is 6.04 Å². The van der Waals surface area contributed by atoms with Crippen LogP contribution in [0, 0.1) is 13.8 Å². The van der Waals surface area contributed by atoms with Crippen LogP contribution in [0.15, 0.2) is 18.2 Å². The Kier molecular flexibility index (Phi) is 5.45. The van der Waals surface area contributed by atoms with Crippen LogP contribution in [-0.2, 0) is 6.54 Å². The molecule has 1 aliphatic heterocycles. The number of hydrogen-bond acceptors (Lipinski definition) is 2. The van der Waals surface area contributed by atoms with E-state index in [9.17, 15) is 0 Å². The second kappa shape index (κ2) is 6.93. The fourth-order valence-corrected chi connectivity index (χ4v) is 3.22. The summed E-state index contributed by atoms with van der Waals surface area (Å²) in [6.45, 7) is 14.7. The van der Waals surface area contributed by atoms with Crippen LogP contribution in [0.3, 0.4) is 0 Å². The first-order valence-corrected chi connectivity index (χ1v) is 8.41. The molecule has 2 nitrogen and oxygen atoms in total. The summed E-state index contributed by atoms with van der Waals surface area (Å²) in [4.78, 5) is 2.69. The third-order valence-corrected chi connectivity index (χ3v) is 4.62. The number of piperidine rings is 1. The maximum absolute atomic E-state index is 3.69. The average molecular weight is 288 g/mol. The van der Waals surface area contributed by atoms with Crippen molar-refractivity contribution in [1.29, 1.82) is 0 Å². The zero-order chi connectivity index (χ0) is 15.5. The van der Waals surface area contributed by atoms with Crippen LogP contribution in [0.2, 0.25) is 0 Å². The minimum absolute atomic E-state index is 0.210. The monoisotopic (exact) mass is 288 g/mol. The lowest BCUT2D eigenvalue weighted by molar-refractivity contribution is 0.130. The van der Waals surface area contributed by atoms with Crippen LogP contribution in [0.4, 0.5) is 0 Å². The van der Waals surface area contributed by atoms with Crippen molar-refractivity contribution < 1.29 is 0 Å². The molecule has 1 heterocycles. The zero-order valence-corrected chi connectivity index (χ0v) is 14.5. The molecule has 1 unspecified atom stereocenters. The largest absolute Gasteiger partial charge is 0.311 e. The molecule has 0 aliphatic carbocycles. The fourth-order valence-electron chi connectivity index (χ4n) is 3.22. The number of aryl methyl sites for hydroxylation is 2. The fraction of sp³-hybridized carbons (Fsp3) is 0.684. The highest BCUT2D eigenvalue weighted by Crippen LogP contribution is 2.23. The van der Waals surface area contributed by atoms with Crippen LogP contribution in [0.25, 0.3) is 0 Å². The van der Waals surface area contributed by atoms with E-state index < -0.39 is 0 Å². The molecule has 0 spiro atoms. The number of likely N-dealkylation sites (tertiary alicyclic amines) is 1. The normalized spacial score (nSPS) is 20.7. The lowest BCUT2D eigenvalue weighted by Crippen LogP contribution is -2.49. The SMILES string of the molecule is Cc1cccc(C)c1CN1CCCCC1CNC(C)(C)C. The maximum atomic E-state index is 3.69. The highest BCUT2D eigenvalue weighted by atomic mass is 15.2. The minimum Gasteiger partial charge on any atom is -0.311 e.